The summed E-state index contributed by atoms with van der Waals surface area (Å²) < 4.78 is 0. The van der Waals surface area contributed by atoms with Crippen LogP contribution in [0.15, 0.2) is 168 Å². The highest BCUT2D eigenvalue weighted by Crippen LogP contribution is 2.41. The summed E-state index contributed by atoms with van der Waals surface area (Å²) in [7, 11) is 0. The molecule has 0 fully saturated rings. The van der Waals surface area contributed by atoms with Crippen LogP contribution in [0.1, 0.15) is 22.9 Å². The van der Waals surface area contributed by atoms with Gasteiger partial charge in [0.05, 0.1) is 5.52 Å². The Bertz CT molecular complexity index is 2120. The summed E-state index contributed by atoms with van der Waals surface area (Å²) in [6, 6.07) is 52.8. The third-order valence-electron chi connectivity index (χ3n) is 8.20. The van der Waals surface area contributed by atoms with Gasteiger partial charge in [-0.1, -0.05) is 140 Å². The molecule has 4 nitrogen and oxygen atoms in total. The van der Waals surface area contributed by atoms with Crippen molar-refractivity contribution in [1.29, 1.82) is 0 Å². The van der Waals surface area contributed by atoms with E-state index in [1.54, 1.807) is 0 Å². The van der Waals surface area contributed by atoms with Gasteiger partial charge in [0.25, 0.3) is 0 Å². The first-order valence-corrected chi connectivity index (χ1v) is 14.8. The van der Waals surface area contributed by atoms with Gasteiger partial charge in [-0.15, -0.1) is 0 Å². The van der Waals surface area contributed by atoms with Crippen molar-refractivity contribution in [1.82, 2.24) is 10.3 Å². The quantitative estimate of drug-likeness (QED) is 0.227. The Hall–Kier alpha value is -5.87. The third kappa shape index (κ3) is 4.73. The van der Waals surface area contributed by atoms with Crippen molar-refractivity contribution in [3.63, 3.8) is 0 Å². The lowest BCUT2D eigenvalue weighted by Gasteiger charge is -2.22. The molecule has 0 radical (unpaired) electrons. The molecule has 0 amide bonds. The number of hydrogen-bond acceptors (Lipinski definition) is 4. The van der Waals surface area contributed by atoms with E-state index in [-0.39, 0.29) is 6.17 Å². The number of fused-ring (bicyclic) bond motifs is 2. The minimum absolute atomic E-state index is 0.369. The summed E-state index contributed by atoms with van der Waals surface area (Å²) >= 11 is 0. The minimum Gasteiger partial charge on any atom is -0.324 e. The first-order valence-electron chi connectivity index (χ1n) is 14.8. The average molecular weight is 565 g/mol. The van der Waals surface area contributed by atoms with Crippen molar-refractivity contribution in [2.24, 2.45) is 9.98 Å². The highest BCUT2D eigenvalue weighted by atomic mass is 15.2. The van der Waals surface area contributed by atoms with E-state index in [9.17, 15) is 0 Å². The van der Waals surface area contributed by atoms with Crippen LogP contribution in [0.2, 0.25) is 0 Å². The lowest BCUT2D eigenvalue weighted by Crippen LogP contribution is -2.35. The van der Waals surface area contributed by atoms with Gasteiger partial charge in [-0.25, -0.2) is 9.98 Å². The number of hydrogen-bond donors (Lipinski definition) is 1. The molecule has 0 spiro atoms. The molecule has 4 heteroatoms. The normalized spacial score (nSPS) is 13.4. The van der Waals surface area contributed by atoms with Gasteiger partial charge < -0.3 is 5.32 Å². The van der Waals surface area contributed by atoms with Crippen LogP contribution in [0.4, 0.5) is 0 Å². The predicted molar refractivity (Wildman–Crippen MR) is 182 cm³/mol. The molecular weight excluding hydrogens is 536 g/mol. The van der Waals surface area contributed by atoms with Crippen LogP contribution in [-0.4, -0.2) is 16.7 Å². The van der Waals surface area contributed by atoms with E-state index in [1.807, 2.05) is 48.7 Å². The SMILES string of the molecule is c1ccc(C2=NC(c3ccc(-c4c(-c5cccc6ncccc56)ccc5ccccc45)cc3)N=C(c3ccccc3)N2)cc1. The zero-order valence-corrected chi connectivity index (χ0v) is 23.9. The van der Waals surface area contributed by atoms with E-state index >= 15 is 0 Å². The van der Waals surface area contributed by atoms with Crippen molar-refractivity contribution in [2.45, 2.75) is 6.17 Å². The molecule has 0 saturated heterocycles. The fourth-order valence-electron chi connectivity index (χ4n) is 6.05. The molecule has 1 aromatic heterocycles. The Morgan fingerprint density at radius 2 is 1.11 bits per heavy atom. The van der Waals surface area contributed by atoms with Crippen molar-refractivity contribution < 1.29 is 0 Å². The molecule has 0 saturated carbocycles. The number of amidine groups is 2. The van der Waals surface area contributed by atoms with Crippen LogP contribution in [0.3, 0.4) is 0 Å². The van der Waals surface area contributed by atoms with Crippen molar-refractivity contribution in [2.75, 3.05) is 0 Å². The smallest absolute Gasteiger partial charge is 0.169 e. The molecule has 0 atom stereocenters. The van der Waals surface area contributed by atoms with Gasteiger partial charge in [0.1, 0.15) is 11.7 Å². The topological polar surface area (TPSA) is 49.6 Å². The Morgan fingerprint density at radius 1 is 0.455 bits per heavy atom. The van der Waals surface area contributed by atoms with Gasteiger partial charge in [-0.3, -0.25) is 4.98 Å². The fourth-order valence-corrected chi connectivity index (χ4v) is 6.05. The Morgan fingerprint density at radius 3 is 1.84 bits per heavy atom. The van der Waals surface area contributed by atoms with Crippen molar-refractivity contribution in [3.05, 3.63) is 175 Å². The number of aromatic nitrogens is 1. The second kappa shape index (κ2) is 11.1. The zero-order valence-electron chi connectivity index (χ0n) is 23.9. The molecule has 7 aromatic rings. The number of aliphatic imine (C=N–C) groups is 2. The number of rotatable bonds is 5. The summed E-state index contributed by atoms with van der Waals surface area (Å²) in [4.78, 5) is 14.7. The van der Waals surface area contributed by atoms with Crippen LogP contribution in [0.25, 0.3) is 43.9 Å². The van der Waals surface area contributed by atoms with Gasteiger partial charge in [-0.2, -0.15) is 0 Å². The predicted octanol–water partition coefficient (Wildman–Crippen LogP) is 9.22. The fraction of sp³-hybridized carbons (Fsp3) is 0.0250. The van der Waals surface area contributed by atoms with Crippen LogP contribution >= 0.6 is 0 Å². The highest BCUT2D eigenvalue weighted by molar-refractivity contribution is 6.16. The third-order valence-corrected chi connectivity index (χ3v) is 8.20. The molecule has 8 rings (SSSR count). The molecule has 0 aliphatic carbocycles. The number of nitrogens with one attached hydrogen (secondary N) is 1. The molecular formula is C40H28N4. The van der Waals surface area contributed by atoms with E-state index in [1.165, 1.54) is 27.5 Å². The molecule has 1 N–H and O–H groups in total. The summed E-state index contributed by atoms with van der Waals surface area (Å²) in [6.07, 6.45) is 1.48. The maximum Gasteiger partial charge on any atom is 0.169 e. The highest BCUT2D eigenvalue weighted by Gasteiger charge is 2.21. The molecule has 208 valence electrons. The first kappa shape index (κ1) is 25.8. The average Bonchev–Trinajstić information content (AvgIpc) is 3.11. The molecule has 6 aromatic carbocycles. The van der Waals surface area contributed by atoms with E-state index < -0.39 is 0 Å². The number of pyridine rings is 1. The van der Waals surface area contributed by atoms with Gasteiger partial charge in [0.2, 0.25) is 0 Å². The molecule has 2 heterocycles. The van der Waals surface area contributed by atoms with Crippen LogP contribution in [0, 0.1) is 0 Å². The van der Waals surface area contributed by atoms with Crippen LogP contribution in [-0.2, 0) is 0 Å². The second-order valence-corrected chi connectivity index (χ2v) is 10.9. The minimum atomic E-state index is -0.369. The van der Waals surface area contributed by atoms with E-state index in [0.29, 0.717) is 0 Å². The van der Waals surface area contributed by atoms with Gasteiger partial charge in [0, 0.05) is 22.7 Å². The summed E-state index contributed by atoms with van der Waals surface area (Å²) in [5.74, 6) is 1.63. The molecule has 0 unspecified atom stereocenters. The molecule has 44 heavy (non-hydrogen) atoms. The summed E-state index contributed by atoms with van der Waals surface area (Å²) in [6.45, 7) is 0. The lowest BCUT2D eigenvalue weighted by molar-refractivity contribution is 0.756. The summed E-state index contributed by atoms with van der Waals surface area (Å²) in [5, 5.41) is 7.05. The van der Waals surface area contributed by atoms with Crippen LogP contribution < -0.4 is 5.32 Å². The maximum absolute atomic E-state index is 5.06. The van der Waals surface area contributed by atoms with E-state index in [0.717, 1.165) is 44.8 Å². The molecule has 1 aliphatic heterocycles. The van der Waals surface area contributed by atoms with Crippen LogP contribution in [0.5, 0.6) is 0 Å². The van der Waals surface area contributed by atoms with Gasteiger partial charge in [-0.05, 0) is 50.7 Å². The summed E-state index contributed by atoms with van der Waals surface area (Å²) in [5.41, 5.74) is 8.80. The maximum atomic E-state index is 5.06. The first-order chi connectivity index (χ1) is 21.8. The monoisotopic (exact) mass is 564 g/mol. The molecule has 1 aliphatic rings. The van der Waals surface area contributed by atoms with Crippen molar-refractivity contribution in [3.8, 4) is 22.3 Å². The second-order valence-electron chi connectivity index (χ2n) is 10.9. The van der Waals surface area contributed by atoms with E-state index in [4.69, 9.17) is 9.98 Å². The number of benzene rings is 6. The van der Waals surface area contributed by atoms with Gasteiger partial charge >= 0.3 is 0 Å². The van der Waals surface area contributed by atoms with Crippen molar-refractivity contribution >= 4 is 33.3 Å². The number of nitrogens with zero attached hydrogens (tertiary/aromatic N) is 3. The molecule has 0 bridgehead atoms. The Kier molecular flexibility index (Phi) is 6.50. The Balaban J connectivity index is 1.25. The lowest BCUT2D eigenvalue weighted by atomic mass is 9.88. The zero-order chi connectivity index (χ0) is 29.3. The van der Waals surface area contributed by atoms with E-state index in [2.05, 4.69) is 119 Å². The Labute approximate surface area is 256 Å². The largest absolute Gasteiger partial charge is 0.324 e. The van der Waals surface area contributed by atoms with Gasteiger partial charge in [0.15, 0.2) is 6.17 Å². The standard InChI is InChI=1S/C40H28N4/c1-3-12-29(13-4-1)38-42-39(30-14-5-2-6-15-30)44-40(43-38)31-22-20-28(21-23-31)37-32-16-8-7-11-27(32)24-25-35(37)33-17-9-19-36-34(33)18-10-26-41-36/h1-26,40H,(H,42,43,44).